The van der Waals surface area contributed by atoms with Crippen LogP contribution in [-0.4, -0.2) is 20.9 Å². The van der Waals surface area contributed by atoms with Crippen LogP contribution in [0, 0.1) is 0 Å². The highest BCUT2D eigenvalue weighted by Crippen LogP contribution is 2.29. The first kappa shape index (κ1) is 20.6. The van der Waals surface area contributed by atoms with Gasteiger partial charge in [-0.3, -0.25) is 9.59 Å². The molecule has 2 N–H and O–H groups in total. The topological polar surface area (TPSA) is 87.7 Å². The van der Waals surface area contributed by atoms with Gasteiger partial charge in [0.1, 0.15) is 5.82 Å². The summed E-state index contributed by atoms with van der Waals surface area (Å²) < 4.78 is 0. The Labute approximate surface area is 189 Å². The third kappa shape index (κ3) is 4.48. The standard InChI is InChI=1S/C25H24N4O2S/c30-23(11-5-10-22-26-20-9-4-3-8-19(20)24(31)28-22)29-25-27-21(15-32-25)18-13-12-16-6-1-2-7-17(16)14-18/h3-4,8-9,12-15H,1-2,5-7,10-11H2,(H,26,28,31)(H,27,29,30). The zero-order valence-corrected chi connectivity index (χ0v) is 18.5. The molecule has 32 heavy (non-hydrogen) atoms. The van der Waals surface area contributed by atoms with Crippen molar-refractivity contribution in [3.63, 3.8) is 0 Å². The van der Waals surface area contributed by atoms with Crippen molar-refractivity contribution in [1.82, 2.24) is 15.0 Å². The van der Waals surface area contributed by atoms with E-state index in [1.165, 1.54) is 35.3 Å². The van der Waals surface area contributed by atoms with Crippen LogP contribution >= 0.6 is 11.3 Å². The summed E-state index contributed by atoms with van der Waals surface area (Å²) in [5.74, 6) is 0.518. The Morgan fingerprint density at radius 2 is 1.91 bits per heavy atom. The second-order valence-electron chi connectivity index (χ2n) is 8.16. The molecule has 1 aliphatic rings. The summed E-state index contributed by atoms with van der Waals surface area (Å²) in [6, 6.07) is 13.8. The molecule has 7 heteroatoms. The molecule has 2 heterocycles. The van der Waals surface area contributed by atoms with Crippen molar-refractivity contribution in [3.05, 3.63) is 75.1 Å². The van der Waals surface area contributed by atoms with Gasteiger partial charge in [-0.25, -0.2) is 9.97 Å². The summed E-state index contributed by atoms with van der Waals surface area (Å²) in [5, 5.41) is 6.08. The van der Waals surface area contributed by atoms with Gasteiger partial charge >= 0.3 is 0 Å². The highest BCUT2D eigenvalue weighted by molar-refractivity contribution is 7.14. The molecule has 2 aromatic carbocycles. The number of aromatic nitrogens is 3. The first-order valence-electron chi connectivity index (χ1n) is 11.0. The fourth-order valence-corrected chi connectivity index (χ4v) is 4.94. The maximum Gasteiger partial charge on any atom is 0.258 e. The number of amides is 1. The van der Waals surface area contributed by atoms with Gasteiger partial charge in [0.25, 0.3) is 5.56 Å². The number of benzene rings is 2. The van der Waals surface area contributed by atoms with Gasteiger partial charge in [-0.05, 0) is 61.4 Å². The minimum absolute atomic E-state index is 0.0838. The summed E-state index contributed by atoms with van der Waals surface area (Å²) in [6.07, 6.45) is 6.28. The molecule has 0 aliphatic heterocycles. The van der Waals surface area contributed by atoms with E-state index >= 15 is 0 Å². The Balaban J connectivity index is 1.18. The molecule has 162 valence electrons. The van der Waals surface area contributed by atoms with Crippen molar-refractivity contribution in [1.29, 1.82) is 0 Å². The lowest BCUT2D eigenvalue weighted by atomic mass is 9.90. The van der Waals surface area contributed by atoms with Gasteiger partial charge in [0.05, 0.1) is 16.6 Å². The number of hydrogen-bond donors (Lipinski definition) is 2. The monoisotopic (exact) mass is 444 g/mol. The van der Waals surface area contributed by atoms with Crippen LogP contribution in [0.1, 0.15) is 42.6 Å². The number of carbonyl (C=O) groups is 1. The minimum Gasteiger partial charge on any atom is -0.310 e. The van der Waals surface area contributed by atoms with E-state index in [9.17, 15) is 9.59 Å². The van der Waals surface area contributed by atoms with Crippen molar-refractivity contribution in [2.24, 2.45) is 0 Å². The van der Waals surface area contributed by atoms with E-state index in [2.05, 4.69) is 38.5 Å². The van der Waals surface area contributed by atoms with Gasteiger partial charge in [-0.15, -0.1) is 11.3 Å². The van der Waals surface area contributed by atoms with E-state index in [0.717, 1.165) is 24.1 Å². The molecule has 0 fully saturated rings. The van der Waals surface area contributed by atoms with Crippen LogP contribution in [-0.2, 0) is 24.1 Å². The van der Waals surface area contributed by atoms with Crippen molar-refractivity contribution < 1.29 is 4.79 Å². The van der Waals surface area contributed by atoms with Crippen molar-refractivity contribution in [2.75, 3.05) is 5.32 Å². The average molecular weight is 445 g/mol. The van der Waals surface area contributed by atoms with Gasteiger partial charge < -0.3 is 10.3 Å². The number of para-hydroxylation sites is 1. The molecule has 2 aromatic heterocycles. The Morgan fingerprint density at radius 3 is 2.81 bits per heavy atom. The van der Waals surface area contributed by atoms with Gasteiger partial charge in [-0.2, -0.15) is 0 Å². The number of nitrogens with one attached hydrogen (secondary N) is 2. The number of thiazole rings is 1. The van der Waals surface area contributed by atoms with Crippen molar-refractivity contribution in [2.45, 2.75) is 44.9 Å². The van der Waals surface area contributed by atoms with Crippen LogP contribution in [0.2, 0.25) is 0 Å². The predicted octanol–water partition coefficient (Wildman–Crippen LogP) is 4.89. The summed E-state index contributed by atoms with van der Waals surface area (Å²) in [4.78, 5) is 36.4. The molecular formula is C25H24N4O2S. The number of rotatable bonds is 6. The smallest absolute Gasteiger partial charge is 0.258 e. The summed E-state index contributed by atoms with van der Waals surface area (Å²) in [6.45, 7) is 0. The Morgan fingerprint density at radius 1 is 1.06 bits per heavy atom. The van der Waals surface area contributed by atoms with Gasteiger partial charge in [0.15, 0.2) is 5.13 Å². The summed E-state index contributed by atoms with van der Waals surface area (Å²) >= 11 is 1.44. The molecule has 6 nitrogen and oxygen atoms in total. The number of carbonyl (C=O) groups excluding carboxylic acids is 1. The molecule has 1 amide bonds. The van der Waals surface area contributed by atoms with E-state index in [1.54, 1.807) is 6.07 Å². The molecule has 4 aromatic rings. The largest absolute Gasteiger partial charge is 0.310 e. The lowest BCUT2D eigenvalue weighted by Gasteiger charge is -2.16. The predicted molar refractivity (Wildman–Crippen MR) is 128 cm³/mol. The Hall–Kier alpha value is -3.32. The number of H-pyrrole nitrogens is 1. The zero-order chi connectivity index (χ0) is 21.9. The number of hydrogen-bond acceptors (Lipinski definition) is 5. The van der Waals surface area contributed by atoms with Crippen molar-refractivity contribution in [3.8, 4) is 11.3 Å². The fraction of sp³-hybridized carbons (Fsp3) is 0.280. The summed E-state index contributed by atoms with van der Waals surface area (Å²) in [7, 11) is 0. The fourth-order valence-electron chi connectivity index (χ4n) is 4.21. The van der Waals surface area contributed by atoms with Crippen LogP contribution in [0.4, 0.5) is 5.13 Å². The quantitative estimate of drug-likeness (QED) is 0.443. The number of aromatic amines is 1. The maximum atomic E-state index is 12.4. The molecule has 0 unspecified atom stereocenters. The first-order valence-corrected chi connectivity index (χ1v) is 11.9. The number of anilines is 1. The highest BCUT2D eigenvalue weighted by Gasteiger charge is 2.13. The lowest BCUT2D eigenvalue weighted by Crippen LogP contribution is -2.14. The van der Waals surface area contributed by atoms with Gasteiger partial charge in [0, 0.05) is 23.8 Å². The average Bonchev–Trinajstić information content (AvgIpc) is 3.27. The third-order valence-corrected chi connectivity index (χ3v) is 6.63. The molecule has 0 spiro atoms. The Bertz CT molecular complexity index is 1340. The SMILES string of the molecule is O=C(CCCc1nc2ccccc2c(=O)[nH]1)Nc1nc(-c2ccc3c(c2)CCCC3)cs1. The molecule has 0 saturated carbocycles. The molecule has 0 atom stereocenters. The van der Waals surface area contributed by atoms with Crippen LogP contribution < -0.4 is 10.9 Å². The number of aryl methyl sites for hydroxylation is 3. The number of fused-ring (bicyclic) bond motifs is 2. The first-order chi connectivity index (χ1) is 15.7. The Kier molecular flexibility index (Phi) is 5.81. The molecule has 0 radical (unpaired) electrons. The normalized spacial score (nSPS) is 13.1. The van der Waals surface area contributed by atoms with E-state index in [4.69, 9.17) is 0 Å². The van der Waals surface area contributed by atoms with Gasteiger partial charge in [-0.1, -0.05) is 24.3 Å². The van der Waals surface area contributed by atoms with Crippen LogP contribution in [0.5, 0.6) is 0 Å². The molecule has 0 bridgehead atoms. The van der Waals surface area contributed by atoms with E-state index < -0.39 is 0 Å². The van der Waals surface area contributed by atoms with Crippen LogP contribution in [0.15, 0.2) is 52.6 Å². The molecule has 5 rings (SSSR count). The van der Waals surface area contributed by atoms with E-state index in [1.807, 2.05) is 23.6 Å². The minimum atomic E-state index is -0.146. The highest BCUT2D eigenvalue weighted by atomic mass is 32.1. The van der Waals surface area contributed by atoms with E-state index in [0.29, 0.717) is 41.1 Å². The number of nitrogens with zero attached hydrogens (tertiary/aromatic N) is 2. The molecule has 0 saturated heterocycles. The zero-order valence-electron chi connectivity index (χ0n) is 17.7. The lowest BCUT2D eigenvalue weighted by molar-refractivity contribution is -0.116. The van der Waals surface area contributed by atoms with Crippen LogP contribution in [0.3, 0.4) is 0 Å². The summed E-state index contributed by atoms with van der Waals surface area (Å²) in [5.41, 5.74) is 5.41. The van der Waals surface area contributed by atoms with Crippen LogP contribution in [0.25, 0.3) is 22.2 Å². The van der Waals surface area contributed by atoms with Crippen molar-refractivity contribution >= 4 is 33.3 Å². The van der Waals surface area contributed by atoms with Gasteiger partial charge in [0.2, 0.25) is 5.91 Å². The van der Waals surface area contributed by atoms with E-state index in [-0.39, 0.29) is 11.5 Å². The molecular weight excluding hydrogens is 420 g/mol. The third-order valence-electron chi connectivity index (χ3n) is 5.87. The second kappa shape index (κ2) is 9.04. The second-order valence-corrected chi connectivity index (χ2v) is 9.02. The maximum absolute atomic E-state index is 12.4. The molecule has 1 aliphatic carbocycles.